The van der Waals surface area contributed by atoms with Gasteiger partial charge in [0.05, 0.1) is 33.3 Å². The van der Waals surface area contributed by atoms with Gasteiger partial charge in [0, 0.05) is 78.6 Å². The molecule has 7 aromatic carbocycles. The third kappa shape index (κ3) is 14.6. The molecule has 1 aliphatic rings. The van der Waals surface area contributed by atoms with Crippen molar-refractivity contribution >= 4 is 106 Å². The molecule has 0 amide bonds. The second kappa shape index (κ2) is 27.5. The van der Waals surface area contributed by atoms with Crippen LogP contribution < -0.4 is 22.7 Å². The second-order valence-electron chi connectivity index (χ2n) is 20.9. The monoisotopic (exact) mass is 1310 g/mol. The average Bonchev–Trinajstić information content (AvgIpc) is 1.55. The van der Waals surface area contributed by atoms with Crippen LogP contribution in [-0.4, -0.2) is 104 Å². The van der Waals surface area contributed by atoms with Crippen molar-refractivity contribution in [2.24, 2.45) is 0 Å². The summed E-state index contributed by atoms with van der Waals surface area (Å²) < 4.78 is 13.7. The first-order valence-corrected chi connectivity index (χ1v) is 29.4. The summed E-state index contributed by atoms with van der Waals surface area (Å²) in [7, 11) is -0.338. The maximum absolute atomic E-state index is 6.04. The Hall–Kier alpha value is -10.7. The topological polar surface area (TPSA) is 316 Å². The van der Waals surface area contributed by atoms with Gasteiger partial charge < -0.3 is 26.5 Å². The van der Waals surface area contributed by atoms with Gasteiger partial charge >= 0.3 is 7.12 Å². The van der Waals surface area contributed by atoms with Crippen LogP contribution in [0.1, 0.15) is 27.7 Å². The molecule has 0 bridgehead atoms. The second-order valence-corrected chi connectivity index (χ2v) is 22.6. The van der Waals surface area contributed by atoms with Crippen molar-refractivity contribution in [2.75, 3.05) is 17.2 Å². The van der Waals surface area contributed by atoms with Gasteiger partial charge in [0.2, 0.25) is 17.8 Å². The maximum Gasteiger partial charge on any atom is 0.494 e. The molecule has 1 saturated heterocycles. The highest BCUT2D eigenvalue weighted by Crippen LogP contribution is 2.37. The SMILES string of the molecule is Brc1ccc2ncncc2c1.CC1(C)OB(c2ccc3ncncc3c2)OC1(C)C.Nc1nnc(-c2ccc3ncncc3c2)c(-c2ccccc2)n1.Nc1nnc(-c2ccc3ncncc3c2)c(-c2ccccc2)n1.Nc1nnc(Br)c(-c2ccccc2)n1. The molecule has 0 spiro atoms. The van der Waals surface area contributed by atoms with Crippen molar-refractivity contribution in [2.45, 2.75) is 38.9 Å². The summed E-state index contributed by atoms with van der Waals surface area (Å²) in [6.45, 7) is 8.21. The Balaban J connectivity index is 0.000000118. The van der Waals surface area contributed by atoms with E-state index in [0.717, 1.165) is 81.4 Å². The standard InChI is InChI=1S/2C17H12N6.C14H17BN2O2.C9H7BrN4.C8H5BrN2/c2*18-17-21-15(11-4-2-1-3-5-11)16(22-23-17)12-6-7-14-13(8-12)9-19-10-20-14;1-13(2)14(3,4)19-15(18-13)11-5-6-12-10(7-11)8-16-9-17-12;10-8-7(12-9(11)14-13-8)6-4-2-1-3-5-6;9-7-1-2-8-6(3-7)4-10-5-11-8/h2*1-10H,(H2,18,21,23);5-9H,1-4H3;1-5H,(H2,11,12,14);1-5H. The fourth-order valence-electron chi connectivity index (χ4n) is 9.11. The van der Waals surface area contributed by atoms with Gasteiger partial charge in [-0.25, -0.2) is 54.8 Å². The number of nitrogens with two attached hydrogens (primary N) is 3. The first kappa shape index (κ1) is 60.9. The molecule has 1 aliphatic heterocycles. The Morgan fingerprint density at radius 3 is 1.14 bits per heavy atom. The van der Waals surface area contributed by atoms with Crippen LogP contribution in [0.25, 0.3) is 99.9 Å². The van der Waals surface area contributed by atoms with Crippen LogP contribution in [-0.2, 0) is 9.31 Å². The van der Waals surface area contributed by atoms with E-state index in [1.807, 2.05) is 164 Å². The number of fused-ring (bicyclic) bond motifs is 4. The van der Waals surface area contributed by atoms with Crippen LogP contribution in [0.5, 0.6) is 0 Å². The predicted molar refractivity (Wildman–Crippen MR) is 356 cm³/mol. The highest BCUT2D eigenvalue weighted by atomic mass is 79.9. The number of nitrogen functional groups attached to an aromatic ring is 3. The fourth-order valence-corrected chi connectivity index (χ4v) is 9.89. The summed E-state index contributed by atoms with van der Waals surface area (Å²) in [5.74, 6) is 0.473. The number of benzene rings is 7. The molecule has 7 aromatic heterocycles. The van der Waals surface area contributed by atoms with Crippen molar-refractivity contribution in [1.29, 1.82) is 0 Å². The van der Waals surface area contributed by atoms with Crippen molar-refractivity contribution in [3.63, 3.8) is 0 Å². The Morgan fingerprint density at radius 1 is 0.356 bits per heavy atom. The lowest BCUT2D eigenvalue weighted by Gasteiger charge is -2.32. The number of hydrogen-bond acceptors (Lipinski definition) is 22. The molecule has 22 nitrogen and oxygen atoms in total. The molecule has 442 valence electrons. The largest absolute Gasteiger partial charge is 0.494 e. The minimum atomic E-state index is -0.338. The number of nitrogens with zero attached hydrogens (tertiary/aromatic N) is 17. The minimum absolute atomic E-state index is 0.150. The Bertz CT molecular complexity index is 4620. The van der Waals surface area contributed by atoms with Crippen LogP contribution in [0.4, 0.5) is 17.8 Å². The Morgan fingerprint density at radius 2 is 0.711 bits per heavy atom. The van der Waals surface area contributed by atoms with Gasteiger partial charge in [-0.3, -0.25) is 0 Å². The van der Waals surface area contributed by atoms with Crippen LogP contribution in [0.3, 0.4) is 0 Å². The highest BCUT2D eigenvalue weighted by Gasteiger charge is 2.51. The van der Waals surface area contributed by atoms with Gasteiger partial charge in [-0.15, -0.1) is 30.6 Å². The lowest BCUT2D eigenvalue weighted by molar-refractivity contribution is 0.00578. The zero-order valence-electron chi connectivity index (χ0n) is 48.7. The minimum Gasteiger partial charge on any atom is -0.399 e. The number of rotatable bonds is 6. The molecule has 6 N–H and O–H groups in total. The zero-order valence-corrected chi connectivity index (χ0v) is 51.9. The summed E-state index contributed by atoms with van der Waals surface area (Å²) in [6.07, 6.45) is 13.3. The summed E-state index contributed by atoms with van der Waals surface area (Å²) in [6, 6.07) is 52.9. The molecule has 15 rings (SSSR count). The summed E-state index contributed by atoms with van der Waals surface area (Å²) in [5, 5.41) is 27.7. The quantitative estimate of drug-likeness (QED) is 0.130. The van der Waals surface area contributed by atoms with Crippen LogP contribution >= 0.6 is 31.9 Å². The Kier molecular flexibility index (Phi) is 18.6. The first-order chi connectivity index (χ1) is 43.6. The molecule has 1 fully saturated rings. The van der Waals surface area contributed by atoms with Gasteiger partial charge in [0.25, 0.3) is 0 Å². The summed E-state index contributed by atoms with van der Waals surface area (Å²) >= 11 is 6.65. The van der Waals surface area contributed by atoms with Crippen molar-refractivity contribution in [3.8, 4) is 56.3 Å². The van der Waals surface area contributed by atoms with Crippen molar-refractivity contribution in [1.82, 2.24) is 85.4 Å². The number of aromatic nitrogens is 17. The van der Waals surface area contributed by atoms with Gasteiger partial charge in [0.15, 0.2) is 4.60 Å². The molecule has 14 aromatic rings. The molecule has 25 heteroatoms. The van der Waals surface area contributed by atoms with E-state index in [0.29, 0.717) is 33.1 Å². The van der Waals surface area contributed by atoms with Gasteiger partial charge in [-0.1, -0.05) is 131 Å². The third-order valence-electron chi connectivity index (χ3n) is 14.3. The molecule has 8 heterocycles. The number of hydrogen-bond donors (Lipinski definition) is 3. The molecule has 0 saturated carbocycles. The molecule has 0 unspecified atom stereocenters. The first-order valence-electron chi connectivity index (χ1n) is 27.8. The highest BCUT2D eigenvalue weighted by molar-refractivity contribution is 9.10. The van der Waals surface area contributed by atoms with E-state index in [1.54, 1.807) is 37.4 Å². The molecule has 0 radical (unpaired) electrons. The molecular weight excluding hydrogens is 1260 g/mol. The van der Waals surface area contributed by atoms with Crippen LogP contribution in [0.15, 0.2) is 223 Å². The molecule has 0 aliphatic carbocycles. The van der Waals surface area contributed by atoms with E-state index in [4.69, 9.17) is 26.5 Å². The third-order valence-corrected chi connectivity index (χ3v) is 15.3. The summed E-state index contributed by atoms with van der Waals surface area (Å²) in [4.78, 5) is 45.7. The van der Waals surface area contributed by atoms with Crippen molar-refractivity contribution in [3.05, 3.63) is 223 Å². The normalized spacial score (nSPS) is 12.8. The van der Waals surface area contributed by atoms with E-state index in [9.17, 15) is 0 Å². The van der Waals surface area contributed by atoms with Crippen molar-refractivity contribution < 1.29 is 9.31 Å². The van der Waals surface area contributed by atoms with E-state index >= 15 is 0 Å². The predicted octanol–water partition coefficient (Wildman–Crippen LogP) is 11.7. The van der Waals surface area contributed by atoms with E-state index in [2.05, 4.69) is 145 Å². The molecule has 90 heavy (non-hydrogen) atoms. The Labute approximate surface area is 532 Å². The van der Waals surface area contributed by atoms with E-state index in [1.165, 1.54) is 12.7 Å². The van der Waals surface area contributed by atoms with Crippen LogP contribution in [0, 0.1) is 0 Å². The smallest absolute Gasteiger partial charge is 0.399 e. The lowest BCUT2D eigenvalue weighted by atomic mass is 9.78. The number of halogens is 2. The maximum atomic E-state index is 6.04. The van der Waals surface area contributed by atoms with Gasteiger partial charge in [-0.05, 0) is 97.6 Å². The van der Waals surface area contributed by atoms with Gasteiger partial charge in [0.1, 0.15) is 53.8 Å². The van der Waals surface area contributed by atoms with Gasteiger partial charge in [-0.2, -0.15) is 0 Å². The molecular formula is C65H53BBr2N20O2. The average molecular weight is 1320 g/mol. The van der Waals surface area contributed by atoms with E-state index < -0.39 is 0 Å². The molecule has 0 atom stereocenters. The van der Waals surface area contributed by atoms with E-state index in [-0.39, 0.29) is 36.2 Å². The fraction of sp³-hybridized carbons (Fsp3) is 0.0923. The summed E-state index contributed by atoms with van der Waals surface area (Å²) in [5.41, 5.74) is 29.0. The lowest BCUT2D eigenvalue weighted by Crippen LogP contribution is -2.41. The zero-order chi connectivity index (χ0) is 62.6. The number of anilines is 3. The van der Waals surface area contributed by atoms with Crippen LogP contribution in [0.2, 0.25) is 0 Å².